The third-order valence-electron chi connectivity index (χ3n) is 1.67. The van der Waals surface area contributed by atoms with E-state index in [1.165, 1.54) is 18.2 Å². The number of aromatic carboxylic acids is 1. The van der Waals surface area contributed by atoms with Crippen LogP contribution >= 0.6 is 11.6 Å². The van der Waals surface area contributed by atoms with Crippen molar-refractivity contribution < 1.29 is 9.90 Å². The number of carbonyl (C=O) groups is 1. The Kier molecular flexibility index (Phi) is 3.89. The highest BCUT2D eigenvalue weighted by atomic mass is 35.5. The van der Waals surface area contributed by atoms with Crippen molar-refractivity contribution >= 4 is 35.2 Å². The maximum Gasteiger partial charge on any atom is 0.337 e. The Morgan fingerprint density at radius 1 is 1.29 bits per heavy atom. The molecule has 0 aliphatic heterocycles. The van der Waals surface area contributed by atoms with Gasteiger partial charge in [-0.05, 0) is 18.2 Å². The highest BCUT2D eigenvalue weighted by Gasteiger charge is 2.09. The number of carboxylic acid groups (broad SMARTS) is 1. The summed E-state index contributed by atoms with van der Waals surface area (Å²) in [7, 11) is 0. The zero-order valence-electron chi connectivity index (χ0n) is 8.59. The molecule has 1 aromatic rings. The first-order chi connectivity index (χ1) is 7.90. The molecule has 0 bridgehead atoms. The molecular formula is C9H10ClN5O2. The minimum Gasteiger partial charge on any atom is -0.478 e. The lowest BCUT2D eigenvalue weighted by atomic mass is 10.2. The van der Waals surface area contributed by atoms with Crippen molar-refractivity contribution in [1.29, 1.82) is 0 Å². The summed E-state index contributed by atoms with van der Waals surface area (Å²) >= 11 is 5.68. The van der Waals surface area contributed by atoms with Crippen LogP contribution in [-0.4, -0.2) is 23.0 Å². The Balaban J connectivity index is 3.13. The van der Waals surface area contributed by atoms with Crippen molar-refractivity contribution in [3.05, 3.63) is 28.8 Å². The quantitative estimate of drug-likeness (QED) is 0.443. The average Bonchev–Trinajstić information content (AvgIpc) is 2.19. The molecule has 0 unspecified atom stereocenters. The van der Waals surface area contributed by atoms with Crippen molar-refractivity contribution in [2.75, 3.05) is 0 Å². The fraction of sp³-hybridized carbons (Fsp3) is 0. The number of aliphatic imine (C=N–C) groups is 2. The minimum atomic E-state index is -1.16. The van der Waals surface area contributed by atoms with Gasteiger partial charge in [-0.3, -0.25) is 0 Å². The Morgan fingerprint density at radius 2 is 1.94 bits per heavy atom. The standard InChI is InChI=1S/C9H10ClN5O2/c10-6-2-1-4(3-5(6)7(16)17)14-9(13)15-8(11)12/h1-3H,(H,16,17)(H6,11,12,13,14,15). The summed E-state index contributed by atoms with van der Waals surface area (Å²) in [6.07, 6.45) is 0. The van der Waals surface area contributed by atoms with Crippen molar-refractivity contribution in [3.63, 3.8) is 0 Å². The van der Waals surface area contributed by atoms with E-state index in [0.717, 1.165) is 0 Å². The van der Waals surface area contributed by atoms with Gasteiger partial charge in [0, 0.05) is 0 Å². The van der Waals surface area contributed by atoms with E-state index < -0.39 is 5.97 Å². The zero-order valence-corrected chi connectivity index (χ0v) is 9.35. The fourth-order valence-corrected chi connectivity index (χ4v) is 1.23. The van der Waals surface area contributed by atoms with Crippen LogP contribution in [0.2, 0.25) is 5.02 Å². The molecule has 0 saturated carbocycles. The first kappa shape index (κ1) is 12.8. The van der Waals surface area contributed by atoms with Crippen LogP contribution in [0, 0.1) is 0 Å². The summed E-state index contributed by atoms with van der Waals surface area (Å²) in [6.45, 7) is 0. The number of halogens is 1. The van der Waals surface area contributed by atoms with Crippen LogP contribution in [0.3, 0.4) is 0 Å². The normalized spacial score (nSPS) is 11.0. The lowest BCUT2D eigenvalue weighted by molar-refractivity contribution is 0.0697. The number of nitrogens with two attached hydrogens (primary N) is 3. The third-order valence-corrected chi connectivity index (χ3v) is 2.00. The summed E-state index contributed by atoms with van der Waals surface area (Å²) in [5.41, 5.74) is 15.8. The molecular weight excluding hydrogens is 246 g/mol. The number of benzene rings is 1. The van der Waals surface area contributed by atoms with Crippen molar-refractivity contribution in [2.45, 2.75) is 0 Å². The highest BCUT2D eigenvalue weighted by Crippen LogP contribution is 2.22. The molecule has 0 aliphatic rings. The first-order valence-electron chi connectivity index (χ1n) is 4.37. The van der Waals surface area contributed by atoms with Crippen LogP contribution in [0.4, 0.5) is 5.69 Å². The predicted molar refractivity (Wildman–Crippen MR) is 65.5 cm³/mol. The van der Waals surface area contributed by atoms with Gasteiger partial charge in [0.1, 0.15) is 0 Å². The van der Waals surface area contributed by atoms with Gasteiger partial charge in [0.25, 0.3) is 0 Å². The number of nitrogens with zero attached hydrogens (tertiary/aromatic N) is 2. The average molecular weight is 256 g/mol. The van der Waals surface area contributed by atoms with Crippen molar-refractivity contribution in [1.82, 2.24) is 0 Å². The van der Waals surface area contributed by atoms with Crippen LogP contribution in [0.5, 0.6) is 0 Å². The number of hydrogen-bond donors (Lipinski definition) is 4. The van der Waals surface area contributed by atoms with E-state index in [1.54, 1.807) is 0 Å². The Morgan fingerprint density at radius 3 is 2.47 bits per heavy atom. The summed E-state index contributed by atoms with van der Waals surface area (Å²) < 4.78 is 0. The van der Waals surface area contributed by atoms with E-state index in [9.17, 15) is 4.79 Å². The van der Waals surface area contributed by atoms with Gasteiger partial charge >= 0.3 is 5.97 Å². The van der Waals surface area contributed by atoms with Crippen LogP contribution in [0.1, 0.15) is 10.4 Å². The van der Waals surface area contributed by atoms with Gasteiger partial charge in [0.2, 0.25) is 5.96 Å². The van der Waals surface area contributed by atoms with Crippen molar-refractivity contribution in [2.24, 2.45) is 27.2 Å². The van der Waals surface area contributed by atoms with Crippen LogP contribution in [0.25, 0.3) is 0 Å². The summed E-state index contributed by atoms with van der Waals surface area (Å²) in [5.74, 6) is -1.57. The summed E-state index contributed by atoms with van der Waals surface area (Å²) in [4.78, 5) is 18.1. The molecule has 0 saturated heterocycles. The molecule has 7 nitrogen and oxygen atoms in total. The molecule has 0 fully saturated rings. The second kappa shape index (κ2) is 5.17. The van der Waals surface area contributed by atoms with E-state index in [2.05, 4.69) is 9.98 Å². The van der Waals surface area contributed by atoms with Gasteiger partial charge in [-0.15, -0.1) is 0 Å². The van der Waals surface area contributed by atoms with Crippen molar-refractivity contribution in [3.8, 4) is 0 Å². The Hall–Kier alpha value is -2.28. The van der Waals surface area contributed by atoms with Gasteiger partial charge in [0.15, 0.2) is 5.96 Å². The highest BCUT2D eigenvalue weighted by molar-refractivity contribution is 6.33. The molecule has 0 amide bonds. The zero-order chi connectivity index (χ0) is 13.0. The van der Waals surface area contributed by atoms with E-state index in [0.29, 0.717) is 0 Å². The lowest BCUT2D eigenvalue weighted by Crippen LogP contribution is -2.26. The number of guanidine groups is 2. The summed E-state index contributed by atoms with van der Waals surface area (Å²) in [5, 5.41) is 8.95. The minimum absolute atomic E-state index is 0.0783. The van der Waals surface area contributed by atoms with E-state index in [4.69, 9.17) is 33.9 Å². The maximum absolute atomic E-state index is 10.8. The molecule has 0 aliphatic carbocycles. The fourth-order valence-electron chi connectivity index (χ4n) is 1.04. The smallest absolute Gasteiger partial charge is 0.337 e. The number of rotatable bonds is 2. The van der Waals surface area contributed by atoms with E-state index in [1.807, 2.05) is 0 Å². The first-order valence-corrected chi connectivity index (χ1v) is 4.74. The number of hydrogen-bond acceptors (Lipinski definition) is 2. The van der Waals surface area contributed by atoms with Gasteiger partial charge in [-0.1, -0.05) is 11.6 Å². The molecule has 0 atom stereocenters. The predicted octanol–water partition coefficient (Wildman–Crippen LogP) is 0.258. The molecule has 90 valence electrons. The molecule has 0 spiro atoms. The van der Waals surface area contributed by atoms with Gasteiger partial charge in [0.05, 0.1) is 16.3 Å². The van der Waals surface area contributed by atoms with E-state index >= 15 is 0 Å². The van der Waals surface area contributed by atoms with Crippen LogP contribution in [-0.2, 0) is 0 Å². The molecule has 7 N–H and O–H groups in total. The second-order valence-corrected chi connectivity index (χ2v) is 3.38. The monoisotopic (exact) mass is 255 g/mol. The number of carboxylic acids is 1. The molecule has 1 rings (SSSR count). The largest absolute Gasteiger partial charge is 0.478 e. The molecule has 0 aromatic heterocycles. The molecule has 17 heavy (non-hydrogen) atoms. The Bertz CT molecular complexity index is 508. The molecule has 0 heterocycles. The molecule has 0 radical (unpaired) electrons. The third kappa shape index (κ3) is 3.65. The van der Waals surface area contributed by atoms with Crippen LogP contribution in [0.15, 0.2) is 28.2 Å². The van der Waals surface area contributed by atoms with Gasteiger partial charge in [-0.2, -0.15) is 4.99 Å². The Labute approximate surface area is 102 Å². The van der Waals surface area contributed by atoms with Crippen LogP contribution < -0.4 is 17.2 Å². The maximum atomic E-state index is 10.8. The SMILES string of the molecule is NC(N)=NC(N)=Nc1ccc(Cl)c(C(=O)O)c1. The van der Waals surface area contributed by atoms with E-state index in [-0.39, 0.29) is 28.2 Å². The summed E-state index contributed by atoms with van der Waals surface area (Å²) in [6, 6.07) is 4.15. The second-order valence-electron chi connectivity index (χ2n) is 2.98. The topological polar surface area (TPSA) is 140 Å². The van der Waals surface area contributed by atoms with Gasteiger partial charge in [-0.25, -0.2) is 9.79 Å². The molecule has 1 aromatic carbocycles. The molecule has 8 heteroatoms. The lowest BCUT2D eigenvalue weighted by Gasteiger charge is -2.00. The van der Waals surface area contributed by atoms with Gasteiger partial charge < -0.3 is 22.3 Å².